The average molecular weight is 412 g/mol. The molecule has 31 heavy (non-hydrogen) atoms. The standard InChI is InChI=1S/C26H25N3O2/c1-3-27-26-28(4-2)25(30)24(31-26)19-20-15-17-23(18-16-20)29(21-11-7-5-8-12-21)22-13-9-6-10-14-22/h5-19H,3-4H2,1-2H3. The van der Waals surface area contributed by atoms with Crippen molar-refractivity contribution < 1.29 is 9.53 Å². The summed E-state index contributed by atoms with van der Waals surface area (Å²) in [4.78, 5) is 20.6. The van der Waals surface area contributed by atoms with Gasteiger partial charge in [0.05, 0.1) is 0 Å². The Morgan fingerprint density at radius 1 is 0.839 bits per heavy atom. The predicted molar refractivity (Wildman–Crippen MR) is 126 cm³/mol. The minimum Gasteiger partial charge on any atom is -0.420 e. The molecule has 0 radical (unpaired) electrons. The summed E-state index contributed by atoms with van der Waals surface area (Å²) in [5.74, 6) is 0.138. The number of amidine groups is 1. The number of anilines is 3. The van der Waals surface area contributed by atoms with E-state index in [1.54, 1.807) is 11.0 Å². The van der Waals surface area contributed by atoms with Crippen molar-refractivity contribution in [3.8, 4) is 0 Å². The van der Waals surface area contributed by atoms with Crippen LogP contribution in [-0.4, -0.2) is 29.9 Å². The second-order valence-corrected chi connectivity index (χ2v) is 7.02. The smallest absolute Gasteiger partial charge is 0.300 e. The fourth-order valence-electron chi connectivity index (χ4n) is 3.51. The Kier molecular flexibility index (Phi) is 6.13. The van der Waals surface area contributed by atoms with E-state index >= 15 is 0 Å². The summed E-state index contributed by atoms with van der Waals surface area (Å²) in [6.45, 7) is 4.92. The first kappa shape index (κ1) is 20.4. The van der Waals surface area contributed by atoms with Gasteiger partial charge in [0, 0.05) is 30.2 Å². The SMILES string of the molecule is CCN=C1OC(=Cc2ccc(N(c3ccccc3)c3ccccc3)cc2)C(=O)N1CC. The highest BCUT2D eigenvalue weighted by molar-refractivity contribution is 6.11. The first-order valence-electron chi connectivity index (χ1n) is 10.5. The molecule has 4 rings (SSSR count). The number of ether oxygens (including phenoxy) is 1. The molecule has 0 unspecified atom stereocenters. The van der Waals surface area contributed by atoms with Crippen molar-refractivity contribution in [1.82, 2.24) is 4.90 Å². The van der Waals surface area contributed by atoms with Crippen molar-refractivity contribution in [1.29, 1.82) is 0 Å². The number of likely N-dealkylation sites (N-methyl/N-ethyl adjacent to an activating group) is 1. The number of hydrogen-bond donors (Lipinski definition) is 0. The van der Waals surface area contributed by atoms with Gasteiger partial charge in [-0.3, -0.25) is 9.69 Å². The summed E-state index contributed by atoms with van der Waals surface area (Å²) in [6.07, 6.45) is 1.77. The molecule has 3 aromatic rings. The molecule has 1 amide bonds. The fourth-order valence-corrected chi connectivity index (χ4v) is 3.51. The van der Waals surface area contributed by atoms with Crippen molar-refractivity contribution in [2.75, 3.05) is 18.0 Å². The van der Waals surface area contributed by atoms with Crippen molar-refractivity contribution in [2.24, 2.45) is 4.99 Å². The van der Waals surface area contributed by atoms with Crippen LogP contribution >= 0.6 is 0 Å². The number of rotatable bonds is 6. The van der Waals surface area contributed by atoms with Crippen LogP contribution in [-0.2, 0) is 9.53 Å². The van der Waals surface area contributed by atoms with Gasteiger partial charge in [0.1, 0.15) is 0 Å². The molecule has 0 aliphatic carbocycles. The topological polar surface area (TPSA) is 45.1 Å². The summed E-state index contributed by atoms with van der Waals surface area (Å²) >= 11 is 0. The molecule has 0 bridgehead atoms. The van der Waals surface area contributed by atoms with E-state index in [1.807, 2.05) is 74.5 Å². The van der Waals surface area contributed by atoms with Gasteiger partial charge in [-0.1, -0.05) is 48.5 Å². The zero-order valence-electron chi connectivity index (χ0n) is 17.7. The lowest BCUT2D eigenvalue weighted by Crippen LogP contribution is -2.29. The van der Waals surface area contributed by atoms with Crippen molar-refractivity contribution in [2.45, 2.75) is 13.8 Å². The number of benzene rings is 3. The van der Waals surface area contributed by atoms with Crippen LogP contribution < -0.4 is 4.90 Å². The molecular formula is C26H25N3O2. The number of hydrogen-bond acceptors (Lipinski definition) is 4. The number of carbonyl (C=O) groups excluding carboxylic acids is 1. The molecule has 5 heteroatoms. The molecule has 1 fully saturated rings. The van der Waals surface area contributed by atoms with Crippen molar-refractivity contribution in [3.05, 3.63) is 96.3 Å². The van der Waals surface area contributed by atoms with Crippen molar-refractivity contribution in [3.63, 3.8) is 0 Å². The molecule has 1 aliphatic heterocycles. The van der Waals surface area contributed by atoms with E-state index in [0.717, 1.165) is 22.6 Å². The lowest BCUT2D eigenvalue weighted by molar-refractivity contribution is -0.122. The summed E-state index contributed by atoms with van der Waals surface area (Å²) in [5.41, 5.74) is 4.07. The molecule has 0 saturated carbocycles. The van der Waals surface area contributed by atoms with Gasteiger partial charge in [-0.15, -0.1) is 0 Å². The fraction of sp³-hybridized carbons (Fsp3) is 0.154. The summed E-state index contributed by atoms with van der Waals surface area (Å²) in [7, 11) is 0. The minimum absolute atomic E-state index is 0.158. The number of para-hydroxylation sites is 2. The predicted octanol–water partition coefficient (Wildman–Crippen LogP) is 5.75. The number of amides is 1. The molecular weight excluding hydrogens is 386 g/mol. The van der Waals surface area contributed by atoms with Gasteiger partial charge in [0.15, 0.2) is 5.76 Å². The zero-order chi connectivity index (χ0) is 21.6. The molecule has 3 aromatic carbocycles. The second kappa shape index (κ2) is 9.30. The molecule has 156 valence electrons. The van der Waals surface area contributed by atoms with Gasteiger partial charge in [-0.05, 0) is 61.9 Å². The Bertz CT molecular complexity index is 1050. The zero-order valence-corrected chi connectivity index (χ0v) is 17.7. The van der Waals surface area contributed by atoms with Crippen molar-refractivity contribution >= 4 is 35.1 Å². The highest BCUT2D eigenvalue weighted by Gasteiger charge is 2.33. The Morgan fingerprint density at radius 2 is 1.39 bits per heavy atom. The molecule has 0 aromatic heterocycles. The van der Waals surface area contributed by atoms with Gasteiger partial charge in [0.25, 0.3) is 11.9 Å². The third-order valence-electron chi connectivity index (χ3n) is 4.98. The third-order valence-corrected chi connectivity index (χ3v) is 4.98. The van der Waals surface area contributed by atoms with Crippen LogP contribution in [0.3, 0.4) is 0 Å². The molecule has 0 spiro atoms. The molecule has 5 nitrogen and oxygen atoms in total. The highest BCUT2D eigenvalue weighted by atomic mass is 16.5. The summed E-state index contributed by atoms with van der Waals surface area (Å²) in [5, 5.41) is 0. The van der Waals surface area contributed by atoms with E-state index in [2.05, 4.69) is 34.2 Å². The van der Waals surface area contributed by atoms with E-state index in [0.29, 0.717) is 24.9 Å². The first-order valence-corrected chi connectivity index (χ1v) is 10.5. The van der Waals surface area contributed by atoms with Crippen LogP contribution in [0.1, 0.15) is 19.4 Å². The molecule has 1 heterocycles. The quantitative estimate of drug-likeness (QED) is 0.485. The second-order valence-electron chi connectivity index (χ2n) is 7.02. The van der Waals surface area contributed by atoms with Gasteiger partial charge < -0.3 is 9.64 Å². The summed E-state index contributed by atoms with van der Waals surface area (Å²) < 4.78 is 5.71. The lowest BCUT2D eigenvalue weighted by atomic mass is 10.1. The van der Waals surface area contributed by atoms with Crippen LogP contribution in [0.15, 0.2) is 95.7 Å². The molecule has 1 saturated heterocycles. The molecule has 0 atom stereocenters. The maximum absolute atomic E-state index is 12.6. The normalized spacial score (nSPS) is 16.1. The van der Waals surface area contributed by atoms with Gasteiger partial charge >= 0.3 is 0 Å². The molecule has 0 N–H and O–H groups in total. The Hall–Kier alpha value is -3.86. The summed E-state index contributed by atoms with van der Waals surface area (Å²) in [6, 6.07) is 28.9. The van der Waals surface area contributed by atoms with Crippen LogP contribution in [0, 0.1) is 0 Å². The van der Waals surface area contributed by atoms with Gasteiger partial charge in [-0.2, -0.15) is 0 Å². The Morgan fingerprint density at radius 3 is 1.90 bits per heavy atom. The largest absolute Gasteiger partial charge is 0.420 e. The average Bonchev–Trinajstić information content (AvgIpc) is 3.10. The lowest BCUT2D eigenvalue weighted by Gasteiger charge is -2.25. The third kappa shape index (κ3) is 4.36. The molecule has 1 aliphatic rings. The highest BCUT2D eigenvalue weighted by Crippen LogP contribution is 2.34. The monoisotopic (exact) mass is 411 g/mol. The van der Waals surface area contributed by atoms with E-state index in [1.165, 1.54) is 0 Å². The number of carbonyl (C=O) groups is 1. The first-order chi connectivity index (χ1) is 15.2. The van der Waals surface area contributed by atoms with Crippen LogP contribution in [0.5, 0.6) is 0 Å². The number of aliphatic imine (C=N–C) groups is 1. The van der Waals surface area contributed by atoms with Crippen LogP contribution in [0.25, 0.3) is 6.08 Å². The van der Waals surface area contributed by atoms with E-state index in [-0.39, 0.29) is 5.91 Å². The number of nitrogens with zero attached hydrogens (tertiary/aromatic N) is 3. The van der Waals surface area contributed by atoms with E-state index in [9.17, 15) is 4.79 Å². The Labute approximate surface area is 182 Å². The van der Waals surface area contributed by atoms with Crippen LogP contribution in [0.2, 0.25) is 0 Å². The van der Waals surface area contributed by atoms with Crippen LogP contribution in [0.4, 0.5) is 17.1 Å². The van der Waals surface area contributed by atoms with E-state index < -0.39 is 0 Å². The van der Waals surface area contributed by atoms with E-state index in [4.69, 9.17) is 4.74 Å². The van der Waals surface area contributed by atoms with Gasteiger partial charge in [0.2, 0.25) is 0 Å². The maximum Gasteiger partial charge on any atom is 0.300 e. The Balaban J connectivity index is 1.65. The van der Waals surface area contributed by atoms with Gasteiger partial charge in [-0.25, -0.2) is 4.99 Å². The maximum atomic E-state index is 12.6. The minimum atomic E-state index is -0.158.